The fourth-order valence-corrected chi connectivity index (χ4v) is 2.28. The summed E-state index contributed by atoms with van der Waals surface area (Å²) in [5, 5.41) is 20.1. The standard InChI is InChI=1S/C14H21N3O4/c1-15-4-6-16(7-5-15)8-9-21-14-10-12(11-18)2-3-13(14)17(19)20/h2-3,10,18H,4-9,11H2,1H3. The summed E-state index contributed by atoms with van der Waals surface area (Å²) in [5.41, 5.74) is 0.542. The van der Waals surface area contributed by atoms with E-state index in [2.05, 4.69) is 16.8 Å². The lowest BCUT2D eigenvalue weighted by Gasteiger charge is -2.32. The van der Waals surface area contributed by atoms with Crippen molar-refractivity contribution in [3.05, 3.63) is 33.9 Å². The summed E-state index contributed by atoms with van der Waals surface area (Å²) in [7, 11) is 2.09. The van der Waals surface area contributed by atoms with Gasteiger partial charge in [-0.1, -0.05) is 0 Å². The van der Waals surface area contributed by atoms with Crippen molar-refractivity contribution in [3.63, 3.8) is 0 Å². The summed E-state index contributed by atoms with van der Waals surface area (Å²) in [4.78, 5) is 15.1. The smallest absolute Gasteiger partial charge is 0.310 e. The van der Waals surface area contributed by atoms with Crippen LogP contribution in [0.15, 0.2) is 18.2 Å². The summed E-state index contributed by atoms with van der Waals surface area (Å²) in [6.45, 7) is 5.01. The molecule has 0 spiro atoms. The Kier molecular flexibility index (Phi) is 5.49. The number of piperazine rings is 1. The highest BCUT2D eigenvalue weighted by Crippen LogP contribution is 2.28. The van der Waals surface area contributed by atoms with Gasteiger partial charge in [0.25, 0.3) is 0 Å². The van der Waals surface area contributed by atoms with E-state index in [0.717, 1.165) is 32.7 Å². The molecule has 1 aliphatic rings. The van der Waals surface area contributed by atoms with Gasteiger partial charge < -0.3 is 14.7 Å². The lowest BCUT2D eigenvalue weighted by atomic mass is 10.2. The highest BCUT2D eigenvalue weighted by molar-refractivity contribution is 5.48. The van der Waals surface area contributed by atoms with Crippen molar-refractivity contribution in [1.82, 2.24) is 9.80 Å². The maximum atomic E-state index is 11.0. The fraction of sp³-hybridized carbons (Fsp3) is 0.571. The van der Waals surface area contributed by atoms with Crippen molar-refractivity contribution in [1.29, 1.82) is 0 Å². The molecule has 2 rings (SSSR count). The fourth-order valence-electron chi connectivity index (χ4n) is 2.28. The van der Waals surface area contributed by atoms with Gasteiger partial charge in [0, 0.05) is 38.8 Å². The van der Waals surface area contributed by atoms with Gasteiger partial charge in [-0.15, -0.1) is 0 Å². The molecule has 0 unspecified atom stereocenters. The first-order valence-corrected chi connectivity index (χ1v) is 7.02. The minimum Gasteiger partial charge on any atom is -0.485 e. The normalized spacial score (nSPS) is 16.9. The molecular weight excluding hydrogens is 274 g/mol. The first-order chi connectivity index (χ1) is 10.1. The summed E-state index contributed by atoms with van der Waals surface area (Å²) in [6.07, 6.45) is 0. The minimum atomic E-state index is -0.466. The number of aliphatic hydroxyl groups is 1. The van der Waals surface area contributed by atoms with Crippen molar-refractivity contribution < 1.29 is 14.8 Å². The number of rotatable bonds is 6. The van der Waals surface area contributed by atoms with E-state index in [0.29, 0.717) is 12.2 Å². The second kappa shape index (κ2) is 7.35. The molecule has 0 radical (unpaired) electrons. The Hall–Kier alpha value is -1.70. The monoisotopic (exact) mass is 295 g/mol. The van der Waals surface area contributed by atoms with Crippen molar-refractivity contribution >= 4 is 5.69 Å². The van der Waals surface area contributed by atoms with E-state index in [1.54, 1.807) is 0 Å². The van der Waals surface area contributed by atoms with Gasteiger partial charge in [0.15, 0.2) is 5.75 Å². The van der Waals surface area contributed by atoms with Crippen molar-refractivity contribution in [2.75, 3.05) is 46.4 Å². The minimum absolute atomic E-state index is 0.0643. The molecule has 0 amide bonds. The third kappa shape index (κ3) is 4.38. The van der Waals surface area contributed by atoms with Gasteiger partial charge in [0.1, 0.15) is 6.61 Å². The second-order valence-electron chi connectivity index (χ2n) is 5.21. The SMILES string of the molecule is CN1CCN(CCOc2cc(CO)ccc2[N+](=O)[O-])CC1. The van der Waals surface area contributed by atoms with Crippen LogP contribution in [0.25, 0.3) is 0 Å². The molecule has 21 heavy (non-hydrogen) atoms. The molecule has 1 fully saturated rings. The van der Waals surface area contributed by atoms with Crippen LogP contribution in [-0.4, -0.2) is 66.2 Å². The molecule has 1 aromatic carbocycles. The molecule has 0 bridgehead atoms. The van der Waals surface area contributed by atoms with Crippen LogP contribution in [0.4, 0.5) is 5.69 Å². The van der Waals surface area contributed by atoms with E-state index in [1.165, 1.54) is 18.2 Å². The summed E-state index contributed by atoms with van der Waals surface area (Å²) in [5.74, 6) is 0.223. The summed E-state index contributed by atoms with van der Waals surface area (Å²) < 4.78 is 5.56. The Morgan fingerprint density at radius 1 is 1.33 bits per heavy atom. The number of nitro groups is 1. The maximum Gasteiger partial charge on any atom is 0.310 e. The molecule has 1 heterocycles. The van der Waals surface area contributed by atoms with Gasteiger partial charge in [-0.05, 0) is 24.7 Å². The van der Waals surface area contributed by atoms with Gasteiger partial charge in [0.2, 0.25) is 0 Å². The molecule has 1 aliphatic heterocycles. The molecule has 116 valence electrons. The van der Waals surface area contributed by atoms with Crippen LogP contribution in [0.1, 0.15) is 5.56 Å². The number of hydrogen-bond acceptors (Lipinski definition) is 6. The number of ether oxygens (including phenoxy) is 1. The van der Waals surface area contributed by atoms with E-state index in [1.807, 2.05) is 0 Å². The zero-order valence-corrected chi connectivity index (χ0v) is 12.2. The third-order valence-electron chi connectivity index (χ3n) is 3.66. The van der Waals surface area contributed by atoms with E-state index < -0.39 is 4.92 Å². The first kappa shape index (κ1) is 15.7. The van der Waals surface area contributed by atoms with E-state index in [4.69, 9.17) is 9.84 Å². The number of likely N-dealkylation sites (N-methyl/N-ethyl adjacent to an activating group) is 1. The largest absolute Gasteiger partial charge is 0.485 e. The highest BCUT2D eigenvalue weighted by atomic mass is 16.6. The van der Waals surface area contributed by atoms with Crippen LogP contribution in [0.5, 0.6) is 5.75 Å². The average molecular weight is 295 g/mol. The molecule has 1 N–H and O–H groups in total. The van der Waals surface area contributed by atoms with Crippen LogP contribution >= 0.6 is 0 Å². The topological polar surface area (TPSA) is 79.1 Å². The number of benzene rings is 1. The van der Waals surface area contributed by atoms with E-state index >= 15 is 0 Å². The zero-order chi connectivity index (χ0) is 15.2. The Bertz CT molecular complexity index is 487. The third-order valence-corrected chi connectivity index (χ3v) is 3.66. The molecule has 1 saturated heterocycles. The Morgan fingerprint density at radius 2 is 2.05 bits per heavy atom. The van der Waals surface area contributed by atoms with Crippen LogP contribution in [0, 0.1) is 10.1 Å². The van der Waals surface area contributed by atoms with Crippen LogP contribution < -0.4 is 4.74 Å². The maximum absolute atomic E-state index is 11.0. The number of aliphatic hydroxyl groups excluding tert-OH is 1. The number of hydrogen-bond donors (Lipinski definition) is 1. The summed E-state index contributed by atoms with van der Waals surface area (Å²) >= 11 is 0. The second-order valence-corrected chi connectivity index (χ2v) is 5.21. The molecular formula is C14H21N3O4. The molecule has 7 heteroatoms. The zero-order valence-electron chi connectivity index (χ0n) is 12.2. The van der Waals surface area contributed by atoms with Gasteiger partial charge in [0.05, 0.1) is 11.5 Å². The van der Waals surface area contributed by atoms with Crippen molar-refractivity contribution in [2.45, 2.75) is 6.61 Å². The Balaban J connectivity index is 1.91. The van der Waals surface area contributed by atoms with Gasteiger partial charge >= 0.3 is 5.69 Å². The average Bonchev–Trinajstić information content (AvgIpc) is 2.49. The van der Waals surface area contributed by atoms with E-state index in [-0.39, 0.29) is 18.0 Å². The number of nitro benzene ring substituents is 1. The molecule has 0 aromatic heterocycles. The van der Waals surface area contributed by atoms with Crippen molar-refractivity contribution in [3.8, 4) is 5.75 Å². The number of nitrogens with zero attached hydrogens (tertiary/aromatic N) is 3. The van der Waals surface area contributed by atoms with Gasteiger partial charge in [-0.3, -0.25) is 15.0 Å². The van der Waals surface area contributed by atoms with Crippen LogP contribution in [0.3, 0.4) is 0 Å². The van der Waals surface area contributed by atoms with E-state index in [9.17, 15) is 10.1 Å². The van der Waals surface area contributed by atoms with Crippen LogP contribution in [0.2, 0.25) is 0 Å². The first-order valence-electron chi connectivity index (χ1n) is 7.02. The predicted molar refractivity (Wildman–Crippen MR) is 78.5 cm³/mol. The Morgan fingerprint density at radius 3 is 2.67 bits per heavy atom. The lowest BCUT2D eigenvalue weighted by molar-refractivity contribution is -0.385. The molecule has 1 aromatic rings. The molecule has 7 nitrogen and oxygen atoms in total. The van der Waals surface area contributed by atoms with Gasteiger partial charge in [-0.25, -0.2) is 0 Å². The van der Waals surface area contributed by atoms with Crippen molar-refractivity contribution in [2.24, 2.45) is 0 Å². The Labute approximate surface area is 123 Å². The lowest BCUT2D eigenvalue weighted by Crippen LogP contribution is -2.45. The molecule has 0 atom stereocenters. The molecule has 0 saturated carbocycles. The molecule has 0 aliphatic carbocycles. The van der Waals surface area contributed by atoms with Gasteiger partial charge in [-0.2, -0.15) is 0 Å². The highest BCUT2D eigenvalue weighted by Gasteiger charge is 2.17. The quantitative estimate of drug-likeness (QED) is 0.615. The van der Waals surface area contributed by atoms with Crippen LogP contribution in [-0.2, 0) is 6.61 Å². The predicted octanol–water partition coefficient (Wildman–Crippen LogP) is 0.713. The summed E-state index contributed by atoms with van der Waals surface area (Å²) in [6, 6.07) is 4.43.